The molecule has 1 fully saturated rings. The highest BCUT2D eigenvalue weighted by Crippen LogP contribution is 2.32. The number of nitrogens with zero attached hydrogens (tertiary/aromatic N) is 1. The number of hydrogen-bond acceptors (Lipinski definition) is 6. The van der Waals surface area contributed by atoms with Crippen LogP contribution in [0.4, 0.5) is 0 Å². The van der Waals surface area contributed by atoms with Gasteiger partial charge in [0.15, 0.2) is 11.5 Å². The van der Waals surface area contributed by atoms with Gasteiger partial charge in [0.25, 0.3) is 0 Å². The molecule has 1 saturated heterocycles. The molecule has 1 aromatic carbocycles. The number of benzene rings is 1. The molecule has 28 heavy (non-hydrogen) atoms. The van der Waals surface area contributed by atoms with Gasteiger partial charge in [-0.3, -0.25) is 4.79 Å². The molecular weight excluding hydrogens is 358 g/mol. The average Bonchev–Trinajstić information content (AvgIpc) is 2.73. The van der Waals surface area contributed by atoms with E-state index in [2.05, 4.69) is 10.3 Å². The maximum Gasteiger partial charge on any atom is 0.240 e. The van der Waals surface area contributed by atoms with Crippen LogP contribution in [0.5, 0.6) is 17.4 Å². The van der Waals surface area contributed by atoms with E-state index in [-0.39, 0.29) is 12.5 Å². The number of rotatable bonds is 8. The van der Waals surface area contributed by atoms with Crippen LogP contribution in [0.1, 0.15) is 31.7 Å². The summed E-state index contributed by atoms with van der Waals surface area (Å²) in [4.78, 5) is 16.9. The lowest BCUT2D eigenvalue weighted by molar-refractivity contribution is -0.129. The fourth-order valence-corrected chi connectivity index (χ4v) is 2.93. The van der Waals surface area contributed by atoms with Crippen molar-refractivity contribution in [2.75, 3.05) is 19.8 Å². The SMILES string of the molecule is CCCOc1ccccc1Oc1ncccc1CNC(=O)C1(N)CCOCC1. The van der Waals surface area contributed by atoms with E-state index in [4.69, 9.17) is 19.9 Å². The third-order valence-corrected chi connectivity index (χ3v) is 4.64. The maximum absolute atomic E-state index is 12.6. The van der Waals surface area contributed by atoms with Crippen LogP contribution in [0.25, 0.3) is 0 Å². The van der Waals surface area contributed by atoms with Crippen molar-refractivity contribution in [1.29, 1.82) is 0 Å². The van der Waals surface area contributed by atoms with Crippen LogP contribution in [0.2, 0.25) is 0 Å². The standard InChI is InChI=1S/C21H27N3O4/c1-2-12-27-17-7-3-4-8-18(17)28-19-16(6-5-11-23-19)15-24-20(25)21(22)9-13-26-14-10-21/h3-8,11H,2,9-10,12-15,22H2,1H3,(H,24,25). The second kappa shape index (κ2) is 9.52. The summed E-state index contributed by atoms with van der Waals surface area (Å²) in [6.07, 6.45) is 3.58. The lowest BCUT2D eigenvalue weighted by Gasteiger charge is -2.31. The molecule has 0 radical (unpaired) electrons. The normalized spacial score (nSPS) is 15.6. The van der Waals surface area contributed by atoms with Crippen molar-refractivity contribution in [2.45, 2.75) is 38.3 Å². The van der Waals surface area contributed by atoms with Crippen molar-refractivity contribution in [3.05, 3.63) is 48.2 Å². The number of carbonyl (C=O) groups is 1. The van der Waals surface area contributed by atoms with Gasteiger partial charge >= 0.3 is 0 Å². The molecule has 7 nitrogen and oxygen atoms in total. The molecule has 1 aliphatic heterocycles. The summed E-state index contributed by atoms with van der Waals surface area (Å²) in [7, 11) is 0. The van der Waals surface area contributed by atoms with Crippen molar-refractivity contribution in [1.82, 2.24) is 10.3 Å². The van der Waals surface area contributed by atoms with E-state index in [0.717, 1.165) is 12.0 Å². The Bertz CT molecular complexity index is 791. The summed E-state index contributed by atoms with van der Waals surface area (Å²) in [5.74, 6) is 1.49. The molecule has 7 heteroatoms. The van der Waals surface area contributed by atoms with Crippen molar-refractivity contribution in [3.63, 3.8) is 0 Å². The summed E-state index contributed by atoms with van der Waals surface area (Å²) in [5.41, 5.74) is 6.11. The fraction of sp³-hybridized carbons (Fsp3) is 0.429. The molecule has 0 bridgehead atoms. The zero-order valence-electron chi connectivity index (χ0n) is 16.1. The molecule has 2 aromatic rings. The number of nitrogens with one attached hydrogen (secondary N) is 1. The smallest absolute Gasteiger partial charge is 0.240 e. The van der Waals surface area contributed by atoms with E-state index < -0.39 is 5.54 Å². The largest absolute Gasteiger partial charge is 0.490 e. The number of hydrogen-bond donors (Lipinski definition) is 2. The molecule has 150 valence electrons. The van der Waals surface area contributed by atoms with Crippen LogP contribution in [-0.2, 0) is 16.1 Å². The molecule has 0 spiro atoms. The fourth-order valence-electron chi connectivity index (χ4n) is 2.93. The lowest BCUT2D eigenvalue weighted by Crippen LogP contribution is -2.56. The Labute approximate surface area is 165 Å². The van der Waals surface area contributed by atoms with E-state index >= 15 is 0 Å². The third-order valence-electron chi connectivity index (χ3n) is 4.64. The van der Waals surface area contributed by atoms with Gasteiger partial charge in [-0.1, -0.05) is 25.1 Å². The number of ether oxygens (including phenoxy) is 3. The molecule has 2 heterocycles. The molecule has 3 N–H and O–H groups in total. The van der Waals surface area contributed by atoms with Gasteiger partial charge in [-0.25, -0.2) is 4.98 Å². The molecule has 0 atom stereocenters. The molecule has 1 amide bonds. The molecule has 0 aliphatic carbocycles. The Morgan fingerprint density at radius 2 is 1.96 bits per heavy atom. The quantitative estimate of drug-likeness (QED) is 0.725. The molecule has 0 saturated carbocycles. The number of amides is 1. The van der Waals surface area contributed by atoms with Gasteiger partial charge in [0.1, 0.15) is 0 Å². The van der Waals surface area contributed by atoms with Crippen molar-refractivity contribution >= 4 is 5.91 Å². The number of nitrogens with two attached hydrogens (primary N) is 1. The van der Waals surface area contributed by atoms with Crippen molar-refractivity contribution in [2.24, 2.45) is 5.73 Å². The van der Waals surface area contributed by atoms with E-state index in [1.165, 1.54) is 0 Å². The highest BCUT2D eigenvalue weighted by Gasteiger charge is 2.35. The first-order chi connectivity index (χ1) is 13.6. The summed E-state index contributed by atoms with van der Waals surface area (Å²) >= 11 is 0. The Morgan fingerprint density at radius 3 is 2.71 bits per heavy atom. The monoisotopic (exact) mass is 385 g/mol. The number of para-hydroxylation sites is 2. The van der Waals surface area contributed by atoms with Gasteiger partial charge in [0, 0.05) is 31.5 Å². The Hall–Kier alpha value is -2.64. The topological polar surface area (TPSA) is 95.7 Å². The van der Waals surface area contributed by atoms with Gasteiger partial charge in [0.2, 0.25) is 11.8 Å². The molecule has 1 aromatic heterocycles. The van der Waals surface area contributed by atoms with Crippen LogP contribution < -0.4 is 20.5 Å². The zero-order valence-corrected chi connectivity index (χ0v) is 16.1. The molecule has 1 aliphatic rings. The molecule has 0 unspecified atom stereocenters. The maximum atomic E-state index is 12.6. The summed E-state index contributed by atoms with van der Waals surface area (Å²) < 4.78 is 17.0. The molecule has 3 rings (SSSR count). The number of pyridine rings is 1. The Morgan fingerprint density at radius 1 is 1.21 bits per heavy atom. The van der Waals surface area contributed by atoms with Gasteiger partial charge < -0.3 is 25.3 Å². The predicted octanol–water partition coefficient (Wildman–Crippen LogP) is 2.79. The number of aromatic nitrogens is 1. The van der Waals surface area contributed by atoms with Gasteiger partial charge in [-0.2, -0.15) is 0 Å². The van der Waals surface area contributed by atoms with E-state index in [9.17, 15) is 4.79 Å². The highest BCUT2D eigenvalue weighted by molar-refractivity contribution is 5.86. The Balaban J connectivity index is 1.69. The molecular formula is C21H27N3O4. The van der Waals surface area contributed by atoms with Crippen LogP contribution in [0, 0.1) is 0 Å². The van der Waals surface area contributed by atoms with Crippen LogP contribution >= 0.6 is 0 Å². The van der Waals surface area contributed by atoms with Crippen LogP contribution in [0.15, 0.2) is 42.6 Å². The Kier molecular flexibility index (Phi) is 6.84. The average molecular weight is 385 g/mol. The zero-order chi connectivity index (χ0) is 19.8. The second-order valence-corrected chi connectivity index (χ2v) is 6.82. The van der Waals surface area contributed by atoms with Gasteiger partial charge in [-0.05, 0) is 37.5 Å². The van der Waals surface area contributed by atoms with Crippen molar-refractivity contribution < 1.29 is 19.0 Å². The first-order valence-electron chi connectivity index (χ1n) is 9.61. The first kappa shape index (κ1) is 20.1. The second-order valence-electron chi connectivity index (χ2n) is 6.82. The summed E-state index contributed by atoms with van der Waals surface area (Å²) in [6.45, 7) is 3.93. The minimum Gasteiger partial charge on any atom is -0.490 e. The minimum atomic E-state index is -0.887. The summed E-state index contributed by atoms with van der Waals surface area (Å²) in [5, 5.41) is 2.91. The van der Waals surface area contributed by atoms with E-state index in [0.29, 0.717) is 50.0 Å². The predicted molar refractivity (Wildman–Crippen MR) is 105 cm³/mol. The highest BCUT2D eigenvalue weighted by atomic mass is 16.5. The van der Waals surface area contributed by atoms with E-state index in [1.54, 1.807) is 12.3 Å². The van der Waals surface area contributed by atoms with Gasteiger partial charge in [0.05, 0.1) is 12.1 Å². The minimum absolute atomic E-state index is 0.183. The third kappa shape index (κ3) is 4.99. The van der Waals surface area contributed by atoms with Gasteiger partial charge in [-0.15, -0.1) is 0 Å². The van der Waals surface area contributed by atoms with Crippen LogP contribution in [0.3, 0.4) is 0 Å². The summed E-state index contributed by atoms with van der Waals surface area (Å²) in [6, 6.07) is 11.1. The van der Waals surface area contributed by atoms with Crippen LogP contribution in [-0.4, -0.2) is 36.3 Å². The van der Waals surface area contributed by atoms with Crippen molar-refractivity contribution in [3.8, 4) is 17.4 Å². The lowest BCUT2D eigenvalue weighted by atomic mass is 9.90. The number of carbonyl (C=O) groups excluding carboxylic acids is 1. The van der Waals surface area contributed by atoms with E-state index in [1.807, 2.05) is 37.3 Å². The first-order valence-corrected chi connectivity index (χ1v) is 9.61.